The molecule has 0 spiro atoms. The maximum atomic E-state index is 5.52. The summed E-state index contributed by atoms with van der Waals surface area (Å²) >= 11 is 0. The van der Waals surface area contributed by atoms with Crippen molar-refractivity contribution >= 4 is 11.6 Å². The highest BCUT2D eigenvalue weighted by molar-refractivity contribution is 5.79. The van der Waals surface area contributed by atoms with E-state index in [2.05, 4.69) is 22.4 Å². The zero-order chi connectivity index (χ0) is 17.1. The van der Waals surface area contributed by atoms with E-state index in [1.54, 1.807) is 13.3 Å². The molecule has 0 unspecified atom stereocenters. The normalized spacial score (nSPS) is 10.8. The minimum Gasteiger partial charge on any atom is -0.496 e. The van der Waals surface area contributed by atoms with Crippen molar-refractivity contribution in [2.75, 3.05) is 12.4 Å². The Morgan fingerprint density at radius 2 is 1.80 bits per heavy atom. The average Bonchev–Trinajstić information content (AvgIpc) is 3.05. The second-order valence-corrected chi connectivity index (χ2v) is 5.64. The van der Waals surface area contributed by atoms with Gasteiger partial charge in [0, 0.05) is 24.5 Å². The van der Waals surface area contributed by atoms with Crippen LogP contribution in [0.25, 0.3) is 17.0 Å². The molecule has 0 aliphatic heterocycles. The van der Waals surface area contributed by atoms with E-state index in [9.17, 15) is 0 Å². The first-order valence-electron chi connectivity index (χ1n) is 8.11. The van der Waals surface area contributed by atoms with Gasteiger partial charge in [-0.15, -0.1) is 0 Å². The summed E-state index contributed by atoms with van der Waals surface area (Å²) in [5, 5.41) is 3.51. The smallest absolute Gasteiger partial charge is 0.235 e. The van der Waals surface area contributed by atoms with Crippen molar-refractivity contribution in [2.24, 2.45) is 0 Å². The maximum Gasteiger partial charge on any atom is 0.235 e. The van der Waals surface area contributed by atoms with Gasteiger partial charge in [-0.25, -0.2) is 9.97 Å². The number of hydrogen-bond donors (Lipinski definition) is 1. The molecule has 0 saturated heterocycles. The molecule has 5 heteroatoms. The van der Waals surface area contributed by atoms with Crippen LogP contribution >= 0.6 is 0 Å². The van der Waals surface area contributed by atoms with Crippen molar-refractivity contribution in [3.8, 4) is 17.0 Å². The molecule has 0 fully saturated rings. The number of benzene rings is 2. The maximum absolute atomic E-state index is 5.52. The van der Waals surface area contributed by atoms with Crippen molar-refractivity contribution in [1.29, 1.82) is 0 Å². The molecule has 0 atom stereocenters. The minimum atomic E-state index is 0.652. The second-order valence-electron chi connectivity index (χ2n) is 5.64. The summed E-state index contributed by atoms with van der Waals surface area (Å²) in [5.41, 5.74) is 2.96. The monoisotopic (exact) mass is 330 g/mol. The first kappa shape index (κ1) is 15.2. The van der Waals surface area contributed by atoms with E-state index in [1.165, 1.54) is 5.56 Å². The molecule has 2 heterocycles. The highest BCUT2D eigenvalue weighted by atomic mass is 16.5. The van der Waals surface area contributed by atoms with Crippen LogP contribution in [0.1, 0.15) is 5.56 Å². The number of fused-ring (bicyclic) bond motifs is 1. The third-order valence-electron chi connectivity index (χ3n) is 4.07. The van der Waals surface area contributed by atoms with E-state index in [0.29, 0.717) is 12.3 Å². The fourth-order valence-corrected chi connectivity index (χ4v) is 2.87. The lowest BCUT2D eigenvalue weighted by atomic mass is 10.1. The van der Waals surface area contributed by atoms with Gasteiger partial charge in [0.15, 0.2) is 0 Å². The van der Waals surface area contributed by atoms with Crippen LogP contribution in [0.2, 0.25) is 0 Å². The molecule has 0 amide bonds. The van der Waals surface area contributed by atoms with E-state index in [1.807, 2.05) is 59.1 Å². The van der Waals surface area contributed by atoms with Gasteiger partial charge in [0.25, 0.3) is 0 Å². The first-order valence-corrected chi connectivity index (χ1v) is 8.11. The van der Waals surface area contributed by atoms with Crippen LogP contribution in [0, 0.1) is 0 Å². The Balaban J connectivity index is 1.81. The number of ether oxygens (including phenoxy) is 1. The van der Waals surface area contributed by atoms with E-state index in [-0.39, 0.29) is 0 Å². The van der Waals surface area contributed by atoms with Gasteiger partial charge in [-0.3, -0.25) is 4.40 Å². The van der Waals surface area contributed by atoms with Gasteiger partial charge in [-0.2, -0.15) is 0 Å². The molecule has 0 saturated carbocycles. The number of methoxy groups -OCH3 is 1. The average molecular weight is 330 g/mol. The van der Waals surface area contributed by atoms with Crippen LogP contribution in [0.4, 0.5) is 5.82 Å². The molecular weight excluding hydrogens is 312 g/mol. The summed E-state index contributed by atoms with van der Waals surface area (Å²) in [4.78, 5) is 9.08. The number of imidazole rings is 1. The Bertz CT molecular complexity index is 995. The van der Waals surface area contributed by atoms with Gasteiger partial charge in [0.1, 0.15) is 17.3 Å². The zero-order valence-corrected chi connectivity index (χ0v) is 13.9. The summed E-state index contributed by atoms with van der Waals surface area (Å²) in [7, 11) is 1.67. The van der Waals surface area contributed by atoms with Crippen molar-refractivity contribution < 1.29 is 4.74 Å². The number of rotatable bonds is 5. The molecule has 4 aromatic rings. The standard InChI is InChI=1S/C20H18N4O/c1-25-17-11-6-5-10-16(17)18-19(22-14-15-8-3-2-4-9-15)24-13-7-12-21-20(24)23-18/h2-13,22H,14H2,1H3. The van der Waals surface area contributed by atoms with Crippen LogP contribution in [0.15, 0.2) is 73.1 Å². The molecule has 5 nitrogen and oxygen atoms in total. The van der Waals surface area contributed by atoms with E-state index < -0.39 is 0 Å². The molecular formula is C20H18N4O. The second kappa shape index (κ2) is 6.65. The number of nitrogens with one attached hydrogen (secondary N) is 1. The van der Waals surface area contributed by atoms with Crippen molar-refractivity contribution in [1.82, 2.24) is 14.4 Å². The highest BCUT2D eigenvalue weighted by Crippen LogP contribution is 2.34. The lowest BCUT2D eigenvalue weighted by Crippen LogP contribution is -2.03. The van der Waals surface area contributed by atoms with Gasteiger partial charge >= 0.3 is 0 Å². The predicted molar refractivity (Wildman–Crippen MR) is 98.7 cm³/mol. The largest absolute Gasteiger partial charge is 0.496 e. The Morgan fingerprint density at radius 3 is 2.64 bits per heavy atom. The quantitative estimate of drug-likeness (QED) is 0.600. The third-order valence-corrected chi connectivity index (χ3v) is 4.07. The van der Waals surface area contributed by atoms with Gasteiger partial charge in [-0.1, -0.05) is 42.5 Å². The number of para-hydroxylation sites is 1. The van der Waals surface area contributed by atoms with E-state index in [0.717, 1.165) is 22.8 Å². The fourth-order valence-electron chi connectivity index (χ4n) is 2.87. The zero-order valence-electron chi connectivity index (χ0n) is 13.9. The molecule has 4 rings (SSSR count). The van der Waals surface area contributed by atoms with Crippen molar-refractivity contribution in [3.05, 3.63) is 78.6 Å². The molecule has 124 valence electrons. The Morgan fingerprint density at radius 1 is 1.00 bits per heavy atom. The number of anilines is 1. The summed E-state index contributed by atoms with van der Waals surface area (Å²) in [6.07, 6.45) is 3.71. The molecule has 2 aromatic carbocycles. The van der Waals surface area contributed by atoms with E-state index >= 15 is 0 Å². The molecule has 0 bridgehead atoms. The topological polar surface area (TPSA) is 51.5 Å². The molecule has 0 aliphatic carbocycles. The molecule has 2 aromatic heterocycles. The lowest BCUT2D eigenvalue weighted by molar-refractivity contribution is 0.416. The third kappa shape index (κ3) is 2.92. The van der Waals surface area contributed by atoms with Crippen LogP contribution in [0.3, 0.4) is 0 Å². The van der Waals surface area contributed by atoms with Crippen LogP contribution in [-0.2, 0) is 6.54 Å². The van der Waals surface area contributed by atoms with Crippen molar-refractivity contribution in [3.63, 3.8) is 0 Å². The van der Waals surface area contributed by atoms with Gasteiger partial charge in [-0.05, 0) is 23.8 Å². The Labute approximate surface area is 145 Å². The van der Waals surface area contributed by atoms with Gasteiger partial charge in [0.05, 0.1) is 7.11 Å². The lowest BCUT2D eigenvalue weighted by Gasteiger charge is -2.11. The Hall–Kier alpha value is -3.34. The highest BCUT2D eigenvalue weighted by Gasteiger charge is 2.17. The summed E-state index contributed by atoms with van der Waals surface area (Å²) in [6.45, 7) is 0.700. The Kier molecular flexibility index (Phi) is 4.04. The predicted octanol–water partition coefficient (Wildman–Crippen LogP) is 4.02. The van der Waals surface area contributed by atoms with Gasteiger partial charge in [0.2, 0.25) is 5.78 Å². The summed E-state index contributed by atoms with van der Waals surface area (Å²) < 4.78 is 7.48. The fraction of sp³-hybridized carbons (Fsp3) is 0.100. The van der Waals surface area contributed by atoms with Crippen molar-refractivity contribution in [2.45, 2.75) is 6.54 Å². The molecule has 25 heavy (non-hydrogen) atoms. The molecule has 0 aliphatic rings. The summed E-state index contributed by atoms with van der Waals surface area (Å²) in [6, 6.07) is 20.1. The number of aromatic nitrogens is 3. The number of hydrogen-bond acceptors (Lipinski definition) is 4. The summed E-state index contributed by atoms with van der Waals surface area (Å²) in [5.74, 6) is 2.34. The first-order chi connectivity index (χ1) is 12.4. The molecule has 0 radical (unpaired) electrons. The van der Waals surface area contributed by atoms with E-state index in [4.69, 9.17) is 9.72 Å². The number of nitrogens with zero attached hydrogens (tertiary/aromatic N) is 3. The van der Waals surface area contributed by atoms with Crippen LogP contribution in [0.5, 0.6) is 5.75 Å². The minimum absolute atomic E-state index is 0.652. The molecule has 1 N–H and O–H groups in total. The van der Waals surface area contributed by atoms with Gasteiger partial charge < -0.3 is 10.1 Å². The van der Waals surface area contributed by atoms with Crippen LogP contribution < -0.4 is 10.1 Å². The van der Waals surface area contributed by atoms with Crippen LogP contribution in [-0.4, -0.2) is 21.5 Å². The SMILES string of the molecule is COc1ccccc1-c1nc2ncccn2c1NCc1ccccc1.